The van der Waals surface area contributed by atoms with Crippen molar-refractivity contribution in [2.75, 3.05) is 0 Å². The first kappa shape index (κ1) is 16.3. The van der Waals surface area contributed by atoms with Crippen LogP contribution >= 0.6 is 0 Å². The van der Waals surface area contributed by atoms with Crippen LogP contribution in [0.15, 0.2) is 18.2 Å². The second-order valence-corrected chi connectivity index (χ2v) is 7.04. The molecule has 1 aliphatic rings. The lowest BCUT2D eigenvalue weighted by molar-refractivity contribution is 0.136. The van der Waals surface area contributed by atoms with E-state index < -0.39 is 0 Å². The number of rotatable bonds is 5. The van der Waals surface area contributed by atoms with E-state index in [1.54, 1.807) is 0 Å². The van der Waals surface area contributed by atoms with E-state index in [4.69, 9.17) is 0 Å². The van der Waals surface area contributed by atoms with Gasteiger partial charge in [0.2, 0.25) is 0 Å². The summed E-state index contributed by atoms with van der Waals surface area (Å²) in [6.07, 6.45) is 6.09. The highest BCUT2D eigenvalue weighted by molar-refractivity contribution is 5.32. The van der Waals surface area contributed by atoms with Gasteiger partial charge in [-0.1, -0.05) is 27.2 Å². The van der Waals surface area contributed by atoms with E-state index >= 15 is 0 Å². The van der Waals surface area contributed by atoms with Crippen LogP contribution in [0, 0.1) is 17.2 Å². The highest BCUT2D eigenvalue weighted by atomic mass is 19.1. The average molecular weight is 293 g/mol. The Morgan fingerprint density at radius 3 is 2.52 bits per heavy atom. The molecule has 0 aromatic heterocycles. The fraction of sp³-hybridized carbons (Fsp3) is 0.667. The molecule has 21 heavy (non-hydrogen) atoms. The Hall–Kier alpha value is -1.09. The number of phenols is 1. The molecule has 1 fully saturated rings. The van der Waals surface area contributed by atoms with Crippen LogP contribution < -0.4 is 5.32 Å². The summed E-state index contributed by atoms with van der Waals surface area (Å²) in [5.41, 5.74) is 1.08. The van der Waals surface area contributed by atoms with Crippen LogP contribution in [0.1, 0.15) is 58.4 Å². The smallest absolute Gasteiger partial charge is 0.123 e. The molecule has 1 saturated carbocycles. The zero-order chi connectivity index (χ0) is 15.5. The summed E-state index contributed by atoms with van der Waals surface area (Å²) in [6.45, 7) is 7.56. The SMILES string of the molecule is CCC(C)(C)C1CCC(NCc2cc(F)ccc2O)CC1. The van der Waals surface area contributed by atoms with E-state index in [-0.39, 0.29) is 11.6 Å². The van der Waals surface area contributed by atoms with Crippen molar-refractivity contribution in [2.45, 2.75) is 65.5 Å². The number of aromatic hydroxyl groups is 1. The van der Waals surface area contributed by atoms with Crippen LogP contribution in [-0.4, -0.2) is 11.1 Å². The molecular formula is C18H28FNO. The quantitative estimate of drug-likeness (QED) is 0.830. The van der Waals surface area contributed by atoms with Crippen molar-refractivity contribution >= 4 is 0 Å². The van der Waals surface area contributed by atoms with E-state index in [2.05, 4.69) is 26.1 Å². The lowest BCUT2D eigenvalue weighted by Crippen LogP contribution is -2.36. The summed E-state index contributed by atoms with van der Waals surface area (Å²) < 4.78 is 13.2. The molecule has 0 radical (unpaired) electrons. The van der Waals surface area contributed by atoms with E-state index in [0.29, 0.717) is 23.6 Å². The van der Waals surface area contributed by atoms with Crippen LogP contribution in [-0.2, 0) is 6.54 Å². The molecule has 3 heteroatoms. The molecule has 0 unspecified atom stereocenters. The van der Waals surface area contributed by atoms with E-state index in [0.717, 1.165) is 5.92 Å². The first-order valence-electron chi connectivity index (χ1n) is 8.13. The molecular weight excluding hydrogens is 265 g/mol. The van der Waals surface area contributed by atoms with Crippen LogP contribution in [0.3, 0.4) is 0 Å². The Bertz CT molecular complexity index is 464. The third-order valence-corrected chi connectivity index (χ3v) is 5.37. The van der Waals surface area contributed by atoms with Crippen molar-refractivity contribution in [3.8, 4) is 5.75 Å². The third kappa shape index (κ3) is 4.19. The first-order chi connectivity index (χ1) is 9.92. The van der Waals surface area contributed by atoms with Gasteiger partial charge in [-0.05, 0) is 55.2 Å². The summed E-state index contributed by atoms with van der Waals surface area (Å²) in [4.78, 5) is 0. The molecule has 2 N–H and O–H groups in total. The van der Waals surface area contributed by atoms with Gasteiger partial charge in [-0.3, -0.25) is 0 Å². The predicted molar refractivity (Wildman–Crippen MR) is 84.7 cm³/mol. The fourth-order valence-corrected chi connectivity index (χ4v) is 3.32. The summed E-state index contributed by atoms with van der Waals surface area (Å²) >= 11 is 0. The zero-order valence-corrected chi connectivity index (χ0v) is 13.5. The Morgan fingerprint density at radius 1 is 1.24 bits per heavy atom. The zero-order valence-electron chi connectivity index (χ0n) is 13.5. The minimum atomic E-state index is -0.294. The molecule has 0 bridgehead atoms. The Morgan fingerprint density at radius 2 is 1.90 bits per heavy atom. The lowest BCUT2D eigenvalue weighted by atomic mass is 9.69. The molecule has 0 aliphatic heterocycles. The predicted octanol–water partition coefficient (Wildman–Crippen LogP) is 4.62. The molecule has 1 aliphatic carbocycles. The number of hydrogen-bond acceptors (Lipinski definition) is 2. The number of halogens is 1. The summed E-state index contributed by atoms with van der Waals surface area (Å²) in [5, 5.41) is 13.2. The average Bonchev–Trinajstić information content (AvgIpc) is 2.48. The minimum Gasteiger partial charge on any atom is -0.508 e. The Kier molecular flexibility index (Phi) is 5.26. The number of phenolic OH excluding ortho intramolecular Hbond substituents is 1. The maximum absolute atomic E-state index is 13.2. The van der Waals surface area contributed by atoms with Crippen molar-refractivity contribution in [1.29, 1.82) is 0 Å². The van der Waals surface area contributed by atoms with Gasteiger partial charge >= 0.3 is 0 Å². The molecule has 0 amide bonds. The van der Waals surface area contributed by atoms with Gasteiger partial charge in [0.25, 0.3) is 0 Å². The molecule has 2 rings (SSSR count). The van der Waals surface area contributed by atoms with Gasteiger partial charge < -0.3 is 10.4 Å². The second-order valence-electron chi connectivity index (χ2n) is 7.04. The molecule has 0 spiro atoms. The maximum Gasteiger partial charge on any atom is 0.123 e. The number of hydrogen-bond donors (Lipinski definition) is 2. The van der Waals surface area contributed by atoms with Crippen molar-refractivity contribution in [3.63, 3.8) is 0 Å². The van der Waals surface area contributed by atoms with E-state index in [1.165, 1.54) is 50.3 Å². The van der Waals surface area contributed by atoms with Crippen molar-refractivity contribution in [2.24, 2.45) is 11.3 Å². The largest absolute Gasteiger partial charge is 0.508 e. The van der Waals surface area contributed by atoms with Gasteiger partial charge in [-0.15, -0.1) is 0 Å². The molecule has 0 heterocycles. The van der Waals surface area contributed by atoms with Gasteiger partial charge in [-0.25, -0.2) is 4.39 Å². The third-order valence-electron chi connectivity index (χ3n) is 5.37. The van der Waals surface area contributed by atoms with Crippen molar-refractivity contribution in [3.05, 3.63) is 29.6 Å². The standard InChI is InChI=1S/C18H28FNO/c1-4-18(2,3)14-5-8-16(9-6-14)20-12-13-11-15(19)7-10-17(13)21/h7,10-11,14,16,20-21H,4-6,8-9,12H2,1-3H3. The molecule has 0 saturated heterocycles. The summed E-state index contributed by atoms with van der Waals surface area (Å²) in [6, 6.07) is 4.61. The topological polar surface area (TPSA) is 32.3 Å². The Balaban J connectivity index is 1.83. The fourth-order valence-electron chi connectivity index (χ4n) is 3.32. The van der Waals surface area contributed by atoms with Gasteiger partial charge in [0.15, 0.2) is 0 Å². The monoisotopic (exact) mass is 293 g/mol. The van der Waals surface area contributed by atoms with E-state index in [1.807, 2.05) is 0 Å². The molecule has 2 nitrogen and oxygen atoms in total. The minimum absolute atomic E-state index is 0.171. The first-order valence-corrected chi connectivity index (χ1v) is 8.13. The summed E-state index contributed by atoms with van der Waals surface area (Å²) in [5.74, 6) is 0.686. The number of nitrogens with one attached hydrogen (secondary N) is 1. The van der Waals surface area contributed by atoms with Gasteiger partial charge in [-0.2, -0.15) is 0 Å². The highest BCUT2D eigenvalue weighted by Crippen LogP contribution is 2.40. The van der Waals surface area contributed by atoms with Crippen LogP contribution in [0.5, 0.6) is 5.75 Å². The van der Waals surface area contributed by atoms with E-state index in [9.17, 15) is 9.50 Å². The van der Waals surface area contributed by atoms with Gasteiger partial charge in [0.05, 0.1) is 0 Å². The molecule has 118 valence electrons. The summed E-state index contributed by atoms with van der Waals surface area (Å²) in [7, 11) is 0. The molecule has 0 atom stereocenters. The number of benzene rings is 1. The van der Waals surface area contributed by atoms with Gasteiger partial charge in [0, 0.05) is 18.2 Å². The van der Waals surface area contributed by atoms with Crippen LogP contribution in [0.4, 0.5) is 4.39 Å². The van der Waals surface area contributed by atoms with Crippen LogP contribution in [0.2, 0.25) is 0 Å². The normalized spacial score (nSPS) is 23.2. The molecule has 1 aromatic rings. The van der Waals surface area contributed by atoms with Crippen molar-refractivity contribution in [1.82, 2.24) is 5.32 Å². The van der Waals surface area contributed by atoms with Gasteiger partial charge in [0.1, 0.15) is 11.6 Å². The maximum atomic E-state index is 13.2. The van der Waals surface area contributed by atoms with Crippen molar-refractivity contribution < 1.29 is 9.50 Å². The Labute approximate surface area is 127 Å². The second kappa shape index (κ2) is 6.78. The highest BCUT2D eigenvalue weighted by Gasteiger charge is 2.31. The lowest BCUT2D eigenvalue weighted by Gasteiger charge is -2.39. The van der Waals surface area contributed by atoms with Crippen LogP contribution in [0.25, 0.3) is 0 Å². The molecule has 1 aromatic carbocycles.